The highest BCUT2D eigenvalue weighted by molar-refractivity contribution is 7.89. The lowest BCUT2D eigenvalue weighted by Gasteiger charge is -2.16. The van der Waals surface area contributed by atoms with E-state index in [1.54, 1.807) is 43.6 Å². The van der Waals surface area contributed by atoms with Crippen LogP contribution in [-0.2, 0) is 16.4 Å². The summed E-state index contributed by atoms with van der Waals surface area (Å²) in [5, 5.41) is 0. The van der Waals surface area contributed by atoms with E-state index in [1.807, 2.05) is 18.2 Å². The van der Waals surface area contributed by atoms with E-state index in [0.29, 0.717) is 17.9 Å². The van der Waals surface area contributed by atoms with Gasteiger partial charge in [0.2, 0.25) is 10.0 Å². The number of rotatable bonds is 5. The number of nitrogens with zero attached hydrogens (tertiary/aromatic N) is 2. The lowest BCUT2D eigenvalue weighted by atomic mass is 10.3. The summed E-state index contributed by atoms with van der Waals surface area (Å²) in [6, 6.07) is 14.1. The van der Waals surface area contributed by atoms with Crippen molar-refractivity contribution in [3.05, 3.63) is 60.4 Å². The minimum Gasteiger partial charge on any atom is -0.261 e. The predicted octanol–water partition coefficient (Wildman–Crippen LogP) is 2.37. The average Bonchev–Trinajstić information content (AvgIpc) is 2.46. The molecule has 0 aliphatic carbocycles. The van der Waals surface area contributed by atoms with E-state index in [0.717, 1.165) is 5.69 Å². The second kappa shape index (κ2) is 7.38. The minimum absolute atomic E-state index is 0. The number of benzene rings is 1. The molecule has 0 spiro atoms. The highest BCUT2D eigenvalue weighted by Crippen LogP contribution is 2.13. The smallest absolute Gasteiger partial charge is 0.242 e. The molecule has 0 aliphatic rings. The molecule has 0 atom stereocenters. The topological polar surface area (TPSA) is 50.3 Å². The second-order valence-corrected chi connectivity index (χ2v) is 6.26. The molecule has 108 valence electrons. The fourth-order valence-electron chi connectivity index (χ4n) is 1.71. The van der Waals surface area contributed by atoms with Gasteiger partial charge in [0.25, 0.3) is 0 Å². The van der Waals surface area contributed by atoms with Gasteiger partial charge in [-0.15, -0.1) is 12.4 Å². The van der Waals surface area contributed by atoms with Crippen LogP contribution in [0.25, 0.3) is 0 Å². The van der Waals surface area contributed by atoms with Crippen molar-refractivity contribution in [3.63, 3.8) is 0 Å². The van der Waals surface area contributed by atoms with E-state index >= 15 is 0 Å². The first-order valence-electron chi connectivity index (χ1n) is 6.02. The van der Waals surface area contributed by atoms with Gasteiger partial charge < -0.3 is 0 Å². The van der Waals surface area contributed by atoms with Crippen molar-refractivity contribution in [1.29, 1.82) is 0 Å². The van der Waals surface area contributed by atoms with Crippen molar-refractivity contribution in [3.8, 4) is 0 Å². The van der Waals surface area contributed by atoms with E-state index in [9.17, 15) is 8.42 Å². The Kier molecular flexibility index (Phi) is 6.13. The number of hydrogen-bond acceptors (Lipinski definition) is 3. The molecule has 0 saturated carbocycles. The molecule has 4 nitrogen and oxygen atoms in total. The molecule has 0 N–H and O–H groups in total. The van der Waals surface area contributed by atoms with Crippen LogP contribution in [0.3, 0.4) is 0 Å². The zero-order chi connectivity index (χ0) is 13.7. The van der Waals surface area contributed by atoms with E-state index in [1.165, 1.54) is 4.31 Å². The van der Waals surface area contributed by atoms with Crippen molar-refractivity contribution in [2.45, 2.75) is 11.3 Å². The number of hydrogen-bond donors (Lipinski definition) is 0. The summed E-state index contributed by atoms with van der Waals surface area (Å²) in [6.07, 6.45) is 2.31. The fourth-order valence-corrected chi connectivity index (χ4v) is 2.90. The summed E-state index contributed by atoms with van der Waals surface area (Å²) in [5.41, 5.74) is 0.887. The molecule has 20 heavy (non-hydrogen) atoms. The molecule has 0 amide bonds. The first kappa shape index (κ1) is 16.6. The molecule has 0 unspecified atom stereocenters. The van der Waals surface area contributed by atoms with Crippen LogP contribution in [-0.4, -0.2) is 31.3 Å². The molecular weight excluding hydrogens is 296 g/mol. The number of halogens is 1. The maximum atomic E-state index is 12.3. The zero-order valence-electron chi connectivity index (χ0n) is 11.1. The molecule has 1 aromatic carbocycles. The molecule has 0 fully saturated rings. The molecule has 2 aromatic rings. The standard InChI is InChI=1S/C14H16N2O2S.ClH/c1-16(12-10-13-7-5-6-11-15-13)19(17,18)14-8-3-2-4-9-14;/h2-9,11H,10,12H2,1H3;1H. The SMILES string of the molecule is CN(CCc1ccccn1)S(=O)(=O)c1ccccc1.Cl. The molecule has 1 aromatic heterocycles. The van der Waals surface area contributed by atoms with Gasteiger partial charge >= 0.3 is 0 Å². The third kappa shape index (κ3) is 4.03. The lowest BCUT2D eigenvalue weighted by molar-refractivity contribution is 0.471. The Balaban J connectivity index is 0.00000200. The van der Waals surface area contributed by atoms with Gasteiger partial charge in [-0.3, -0.25) is 4.98 Å². The summed E-state index contributed by atoms with van der Waals surface area (Å²) in [4.78, 5) is 4.50. The van der Waals surface area contributed by atoms with Crippen molar-refractivity contribution < 1.29 is 8.42 Å². The van der Waals surface area contributed by atoms with Gasteiger partial charge in [0.1, 0.15) is 0 Å². The van der Waals surface area contributed by atoms with Gasteiger partial charge in [0.05, 0.1) is 4.90 Å². The Hall–Kier alpha value is -1.43. The number of sulfonamides is 1. The molecule has 1 heterocycles. The Morgan fingerprint density at radius 3 is 2.30 bits per heavy atom. The summed E-state index contributed by atoms with van der Waals surface area (Å²) in [6.45, 7) is 0.411. The molecule has 6 heteroatoms. The lowest BCUT2D eigenvalue weighted by Crippen LogP contribution is -2.29. The van der Waals surface area contributed by atoms with E-state index < -0.39 is 10.0 Å². The van der Waals surface area contributed by atoms with E-state index in [-0.39, 0.29) is 12.4 Å². The molecule has 2 rings (SSSR count). The van der Waals surface area contributed by atoms with Crippen LogP contribution >= 0.6 is 12.4 Å². The molecule has 0 bridgehead atoms. The van der Waals surface area contributed by atoms with Crippen molar-refractivity contribution in [1.82, 2.24) is 9.29 Å². The van der Waals surface area contributed by atoms with Crippen LogP contribution in [0.15, 0.2) is 59.6 Å². The predicted molar refractivity (Wildman–Crippen MR) is 81.4 cm³/mol. The molecular formula is C14H17ClN2O2S. The van der Waals surface area contributed by atoms with Gasteiger partial charge in [-0.25, -0.2) is 12.7 Å². The van der Waals surface area contributed by atoms with Crippen LogP contribution in [0.2, 0.25) is 0 Å². The highest BCUT2D eigenvalue weighted by atomic mass is 35.5. The van der Waals surface area contributed by atoms with Crippen molar-refractivity contribution in [2.75, 3.05) is 13.6 Å². The Morgan fingerprint density at radius 2 is 1.70 bits per heavy atom. The number of pyridine rings is 1. The average molecular weight is 313 g/mol. The molecule has 0 radical (unpaired) electrons. The number of aromatic nitrogens is 1. The Bertz CT molecular complexity index is 618. The Morgan fingerprint density at radius 1 is 1.05 bits per heavy atom. The van der Waals surface area contributed by atoms with E-state index in [4.69, 9.17) is 0 Å². The van der Waals surface area contributed by atoms with Crippen LogP contribution in [0.1, 0.15) is 5.69 Å². The number of likely N-dealkylation sites (N-methyl/N-ethyl adjacent to an activating group) is 1. The van der Waals surface area contributed by atoms with Gasteiger partial charge in [-0.2, -0.15) is 0 Å². The normalized spacial score (nSPS) is 11.1. The molecule has 0 aliphatic heterocycles. The highest BCUT2D eigenvalue weighted by Gasteiger charge is 2.19. The Labute approximate surface area is 125 Å². The molecule has 0 saturated heterocycles. The minimum atomic E-state index is -3.40. The van der Waals surface area contributed by atoms with Gasteiger partial charge in [-0.1, -0.05) is 24.3 Å². The first-order valence-corrected chi connectivity index (χ1v) is 7.46. The summed E-state index contributed by atoms with van der Waals surface area (Å²) < 4.78 is 25.9. The quantitative estimate of drug-likeness (QED) is 0.851. The fraction of sp³-hybridized carbons (Fsp3) is 0.214. The van der Waals surface area contributed by atoms with Crippen LogP contribution in [0, 0.1) is 0 Å². The third-order valence-electron chi connectivity index (χ3n) is 2.86. The van der Waals surface area contributed by atoms with Crippen LogP contribution in [0.5, 0.6) is 0 Å². The monoisotopic (exact) mass is 312 g/mol. The third-order valence-corrected chi connectivity index (χ3v) is 4.73. The van der Waals surface area contributed by atoms with Crippen LogP contribution in [0.4, 0.5) is 0 Å². The largest absolute Gasteiger partial charge is 0.261 e. The summed E-state index contributed by atoms with van der Waals surface area (Å²) in [7, 11) is -1.82. The van der Waals surface area contributed by atoms with Crippen molar-refractivity contribution >= 4 is 22.4 Å². The van der Waals surface area contributed by atoms with Gasteiger partial charge in [0, 0.05) is 31.9 Å². The van der Waals surface area contributed by atoms with Gasteiger partial charge in [-0.05, 0) is 24.3 Å². The maximum absolute atomic E-state index is 12.3. The summed E-state index contributed by atoms with van der Waals surface area (Å²) in [5.74, 6) is 0. The second-order valence-electron chi connectivity index (χ2n) is 4.21. The van der Waals surface area contributed by atoms with E-state index in [2.05, 4.69) is 4.98 Å². The first-order chi connectivity index (χ1) is 9.10. The van der Waals surface area contributed by atoms with Crippen molar-refractivity contribution in [2.24, 2.45) is 0 Å². The summed E-state index contributed by atoms with van der Waals surface area (Å²) >= 11 is 0. The van der Waals surface area contributed by atoms with Gasteiger partial charge in [0.15, 0.2) is 0 Å². The zero-order valence-corrected chi connectivity index (χ0v) is 12.8. The maximum Gasteiger partial charge on any atom is 0.242 e. The van der Waals surface area contributed by atoms with Crippen LogP contribution < -0.4 is 0 Å².